The summed E-state index contributed by atoms with van der Waals surface area (Å²) in [5, 5.41) is 12.4. The normalized spacial score (nSPS) is 28.2. The molecule has 4 atom stereocenters. The fraction of sp³-hybridized carbons (Fsp3) is 0.842. The van der Waals surface area contributed by atoms with Crippen molar-refractivity contribution in [1.82, 2.24) is 15.1 Å². The molecular formula is C19H31Cl2N3O4. The number of nitrogens with zero attached hydrogens (tertiary/aromatic N) is 2. The number of ketones is 1. The van der Waals surface area contributed by atoms with Crippen LogP contribution in [0.15, 0.2) is 0 Å². The van der Waals surface area contributed by atoms with E-state index in [0.717, 1.165) is 0 Å². The summed E-state index contributed by atoms with van der Waals surface area (Å²) in [6, 6.07) is 0.0302. The maximum absolute atomic E-state index is 12.6. The van der Waals surface area contributed by atoms with Gasteiger partial charge in [0.25, 0.3) is 0 Å². The van der Waals surface area contributed by atoms with Gasteiger partial charge in [0.2, 0.25) is 5.91 Å². The van der Waals surface area contributed by atoms with Gasteiger partial charge in [-0.3, -0.25) is 19.3 Å². The lowest BCUT2D eigenvalue weighted by Crippen LogP contribution is -2.59. The summed E-state index contributed by atoms with van der Waals surface area (Å²) in [4.78, 5) is 40.5. The number of carboxylic acid groups (broad SMARTS) is 1. The van der Waals surface area contributed by atoms with Crippen molar-refractivity contribution in [3.63, 3.8) is 0 Å². The monoisotopic (exact) mass is 435 g/mol. The first-order valence-electron chi connectivity index (χ1n) is 10.0. The molecule has 1 aliphatic heterocycles. The van der Waals surface area contributed by atoms with Crippen LogP contribution in [0.3, 0.4) is 0 Å². The molecular weight excluding hydrogens is 405 g/mol. The summed E-state index contributed by atoms with van der Waals surface area (Å²) in [6.45, 7) is 4.96. The number of rotatable bonds is 10. The van der Waals surface area contributed by atoms with Crippen LogP contribution in [-0.4, -0.2) is 89.1 Å². The van der Waals surface area contributed by atoms with Crippen LogP contribution in [0.25, 0.3) is 0 Å². The minimum absolute atomic E-state index is 0.00816. The van der Waals surface area contributed by atoms with Crippen molar-refractivity contribution in [3.05, 3.63) is 0 Å². The van der Waals surface area contributed by atoms with E-state index in [1.165, 1.54) is 0 Å². The lowest BCUT2D eigenvalue weighted by molar-refractivity contribution is -0.154. The average Bonchev–Trinajstić information content (AvgIpc) is 2.66. The number of amides is 1. The van der Waals surface area contributed by atoms with Crippen LogP contribution in [0.1, 0.15) is 32.6 Å². The van der Waals surface area contributed by atoms with Crippen molar-refractivity contribution in [2.24, 2.45) is 11.8 Å². The van der Waals surface area contributed by atoms with Gasteiger partial charge in [-0.1, -0.05) is 6.92 Å². The Morgan fingerprint density at radius 1 is 1.21 bits per heavy atom. The minimum Gasteiger partial charge on any atom is -0.481 e. The van der Waals surface area contributed by atoms with Gasteiger partial charge in [0.1, 0.15) is 5.92 Å². The smallest absolute Gasteiger partial charge is 0.315 e. The lowest BCUT2D eigenvalue weighted by Gasteiger charge is -2.46. The Morgan fingerprint density at radius 3 is 2.46 bits per heavy atom. The number of fused-ring (bicyclic) bond motifs is 1. The Morgan fingerprint density at radius 2 is 1.89 bits per heavy atom. The van der Waals surface area contributed by atoms with Crippen molar-refractivity contribution in [2.45, 2.75) is 44.7 Å². The number of carbonyl (C=O) groups is 3. The topological polar surface area (TPSA) is 90.0 Å². The molecule has 1 amide bonds. The minimum atomic E-state index is -1.03. The summed E-state index contributed by atoms with van der Waals surface area (Å²) in [6.07, 6.45) is 2.40. The maximum atomic E-state index is 12.6. The third-order valence-corrected chi connectivity index (χ3v) is 6.28. The molecule has 0 aromatic heterocycles. The van der Waals surface area contributed by atoms with E-state index in [2.05, 4.69) is 15.1 Å². The van der Waals surface area contributed by atoms with Crippen molar-refractivity contribution in [2.75, 3.05) is 44.5 Å². The average molecular weight is 436 g/mol. The Labute approximate surface area is 176 Å². The molecule has 1 heterocycles. The number of aliphatic carboxylic acids is 1. The number of alkyl halides is 2. The number of carboxylic acids is 1. The quantitative estimate of drug-likeness (QED) is 0.398. The Bertz CT molecular complexity index is 557. The van der Waals surface area contributed by atoms with Gasteiger partial charge in [0.05, 0.1) is 0 Å². The Hall–Kier alpha value is -0.890. The van der Waals surface area contributed by atoms with Crippen molar-refractivity contribution < 1.29 is 19.5 Å². The molecule has 28 heavy (non-hydrogen) atoms. The van der Waals surface area contributed by atoms with E-state index in [1.54, 1.807) is 0 Å². The highest BCUT2D eigenvalue weighted by Crippen LogP contribution is 2.35. The van der Waals surface area contributed by atoms with Crippen molar-refractivity contribution >= 4 is 40.9 Å². The summed E-state index contributed by atoms with van der Waals surface area (Å²) in [7, 11) is 0. The van der Waals surface area contributed by atoms with E-state index in [9.17, 15) is 19.5 Å². The van der Waals surface area contributed by atoms with Gasteiger partial charge in [-0.25, -0.2) is 0 Å². The first-order chi connectivity index (χ1) is 13.4. The number of halogens is 2. The number of nitrogens with one attached hydrogen (secondary N) is 1. The van der Waals surface area contributed by atoms with Gasteiger partial charge in [0.15, 0.2) is 5.78 Å². The molecule has 1 saturated carbocycles. The molecule has 0 radical (unpaired) electrons. The fourth-order valence-electron chi connectivity index (χ4n) is 4.43. The van der Waals surface area contributed by atoms with Gasteiger partial charge in [0, 0.05) is 62.4 Å². The molecule has 0 bridgehead atoms. The van der Waals surface area contributed by atoms with E-state index < -0.39 is 11.9 Å². The molecule has 0 aromatic carbocycles. The molecule has 1 aliphatic carbocycles. The van der Waals surface area contributed by atoms with Crippen molar-refractivity contribution in [3.8, 4) is 0 Å². The number of Topliss-reactive ketones (excluding diaryl/α,β-unsaturated/α-hetero) is 1. The van der Waals surface area contributed by atoms with Crippen LogP contribution in [0, 0.1) is 11.8 Å². The zero-order valence-electron chi connectivity index (χ0n) is 16.4. The second-order valence-corrected chi connectivity index (χ2v) is 8.36. The van der Waals surface area contributed by atoms with E-state index in [-0.39, 0.29) is 36.2 Å². The first kappa shape index (κ1) is 23.4. The third-order valence-electron chi connectivity index (χ3n) is 5.94. The SMILES string of the molecule is CCN1CC(C(=O)O)C(=O)C2CCC(NC(=O)CCN(CCCl)CCCl)CC21. The molecule has 2 aliphatic rings. The van der Waals surface area contributed by atoms with Crippen LogP contribution < -0.4 is 5.32 Å². The predicted octanol–water partition coefficient (Wildman–Crippen LogP) is 1.42. The molecule has 0 aromatic rings. The van der Waals surface area contributed by atoms with Gasteiger partial charge < -0.3 is 15.3 Å². The third kappa shape index (κ3) is 6.05. The van der Waals surface area contributed by atoms with Gasteiger partial charge in [-0.05, 0) is 25.8 Å². The number of hydrogen-bond donors (Lipinski definition) is 2. The predicted molar refractivity (Wildman–Crippen MR) is 109 cm³/mol. The molecule has 1 saturated heterocycles. The van der Waals surface area contributed by atoms with E-state index in [1.807, 2.05) is 6.92 Å². The van der Waals surface area contributed by atoms with Crippen LogP contribution in [0.2, 0.25) is 0 Å². The highest BCUT2D eigenvalue weighted by Gasteiger charge is 2.47. The van der Waals surface area contributed by atoms with Crippen LogP contribution in [-0.2, 0) is 14.4 Å². The first-order valence-corrected chi connectivity index (χ1v) is 11.1. The number of piperidine rings is 1. The summed E-state index contributed by atoms with van der Waals surface area (Å²) >= 11 is 11.6. The summed E-state index contributed by atoms with van der Waals surface area (Å²) in [5.74, 6) is -1.36. The van der Waals surface area contributed by atoms with Crippen LogP contribution in [0.5, 0.6) is 0 Å². The van der Waals surface area contributed by atoms with Gasteiger partial charge in [-0.2, -0.15) is 0 Å². The molecule has 9 heteroatoms. The molecule has 2 rings (SSSR count). The highest BCUT2D eigenvalue weighted by atomic mass is 35.5. The number of carbonyl (C=O) groups excluding carboxylic acids is 2. The lowest BCUT2D eigenvalue weighted by atomic mass is 9.72. The molecule has 2 N–H and O–H groups in total. The standard InChI is InChI=1S/C19H31Cl2N3O4/c1-2-24-12-15(19(27)28)18(26)14-4-3-13(11-16(14)24)22-17(25)5-8-23(9-6-20)10-7-21/h13-16H,2-12H2,1H3,(H,22,25)(H,27,28). The van der Waals surface area contributed by atoms with Crippen LogP contribution >= 0.6 is 23.2 Å². The maximum Gasteiger partial charge on any atom is 0.315 e. The fourth-order valence-corrected chi connectivity index (χ4v) is 4.91. The van der Waals surface area contributed by atoms with E-state index >= 15 is 0 Å². The van der Waals surface area contributed by atoms with Gasteiger partial charge in [-0.15, -0.1) is 23.2 Å². The number of hydrogen-bond acceptors (Lipinski definition) is 5. The second-order valence-electron chi connectivity index (χ2n) is 7.60. The number of likely N-dealkylation sites (tertiary alicyclic amines) is 1. The zero-order chi connectivity index (χ0) is 20.7. The zero-order valence-corrected chi connectivity index (χ0v) is 17.9. The molecule has 0 spiro atoms. The molecule has 160 valence electrons. The molecule has 2 fully saturated rings. The highest BCUT2D eigenvalue weighted by molar-refractivity contribution is 6.18. The van der Waals surface area contributed by atoms with Gasteiger partial charge >= 0.3 is 5.97 Å². The molecule has 7 nitrogen and oxygen atoms in total. The van der Waals surface area contributed by atoms with Crippen molar-refractivity contribution in [1.29, 1.82) is 0 Å². The summed E-state index contributed by atoms with van der Waals surface area (Å²) < 4.78 is 0. The van der Waals surface area contributed by atoms with E-state index in [4.69, 9.17) is 23.2 Å². The van der Waals surface area contributed by atoms with Crippen LogP contribution in [0.4, 0.5) is 0 Å². The largest absolute Gasteiger partial charge is 0.481 e. The second kappa shape index (κ2) is 11.3. The molecule has 4 unspecified atom stereocenters. The summed E-state index contributed by atoms with van der Waals surface area (Å²) in [5.41, 5.74) is 0. The van der Waals surface area contributed by atoms with E-state index in [0.29, 0.717) is 63.6 Å². The Balaban J connectivity index is 1.88. The Kier molecular flexibility index (Phi) is 9.47.